The lowest BCUT2D eigenvalue weighted by molar-refractivity contribution is 0.570. The fourth-order valence-electron chi connectivity index (χ4n) is 1.29. The minimum atomic E-state index is -4.07. The average molecular weight is 270 g/mol. The number of hydrogen-bond donors (Lipinski definition) is 1. The predicted octanol–water partition coefficient (Wildman–Crippen LogP) is 2.16. The summed E-state index contributed by atoms with van der Waals surface area (Å²) in [4.78, 5) is 3.04. The van der Waals surface area contributed by atoms with Gasteiger partial charge in [0.1, 0.15) is 22.3 Å². The quantitative estimate of drug-likeness (QED) is 0.929. The molecule has 1 heterocycles. The topological polar surface area (TPSA) is 59.1 Å². The molecule has 0 radical (unpaired) electrons. The fraction of sp³-hybridized carbons (Fsp3) is 0. The van der Waals surface area contributed by atoms with Gasteiger partial charge in [-0.3, -0.25) is 4.72 Å². The van der Waals surface area contributed by atoms with Crippen LogP contribution < -0.4 is 4.72 Å². The molecule has 2 rings (SSSR count). The number of rotatable bonds is 3. The van der Waals surface area contributed by atoms with Crippen LogP contribution in [0.25, 0.3) is 0 Å². The van der Waals surface area contributed by atoms with E-state index in [-0.39, 0.29) is 5.82 Å². The monoisotopic (exact) mass is 270 g/mol. The van der Waals surface area contributed by atoms with Crippen molar-refractivity contribution in [3.8, 4) is 0 Å². The predicted molar refractivity (Wildman–Crippen MR) is 61.4 cm³/mol. The van der Waals surface area contributed by atoms with Crippen LogP contribution in [-0.4, -0.2) is 13.4 Å². The first kappa shape index (κ1) is 12.4. The lowest BCUT2D eigenvalue weighted by Crippen LogP contribution is -2.15. The standard InChI is InChI=1S/C11H8F2N2O2S/c12-8-5-6-11(14-7-8)15-18(16,17)10-4-2-1-3-9(10)13/h1-7H,(H,14,15). The summed E-state index contributed by atoms with van der Waals surface area (Å²) in [6.45, 7) is 0. The largest absolute Gasteiger partial charge is 0.265 e. The van der Waals surface area contributed by atoms with Crippen molar-refractivity contribution >= 4 is 15.8 Å². The second-order valence-corrected chi connectivity index (χ2v) is 5.05. The maximum atomic E-state index is 13.4. The summed E-state index contributed by atoms with van der Waals surface area (Å²) in [5.41, 5.74) is 0. The maximum Gasteiger partial charge on any atom is 0.265 e. The highest BCUT2D eigenvalue weighted by Crippen LogP contribution is 2.17. The SMILES string of the molecule is O=S(=O)(Nc1ccc(F)cn1)c1ccccc1F. The third-order valence-electron chi connectivity index (χ3n) is 2.09. The number of nitrogens with one attached hydrogen (secondary N) is 1. The maximum absolute atomic E-state index is 13.4. The van der Waals surface area contributed by atoms with Gasteiger partial charge in [0.25, 0.3) is 10.0 Å². The molecular weight excluding hydrogens is 262 g/mol. The zero-order valence-corrected chi connectivity index (χ0v) is 9.79. The molecule has 0 atom stereocenters. The average Bonchev–Trinajstić information content (AvgIpc) is 2.32. The molecule has 0 aliphatic carbocycles. The van der Waals surface area contributed by atoms with Crippen LogP contribution in [0.3, 0.4) is 0 Å². The number of hydrogen-bond acceptors (Lipinski definition) is 3. The number of nitrogens with zero attached hydrogens (tertiary/aromatic N) is 1. The third-order valence-corrected chi connectivity index (χ3v) is 3.48. The molecule has 94 valence electrons. The second kappa shape index (κ2) is 4.69. The Hall–Kier alpha value is -2.02. The molecule has 18 heavy (non-hydrogen) atoms. The van der Waals surface area contributed by atoms with Crippen LogP contribution in [0.2, 0.25) is 0 Å². The van der Waals surface area contributed by atoms with Crippen molar-refractivity contribution in [1.29, 1.82) is 0 Å². The van der Waals surface area contributed by atoms with Gasteiger partial charge < -0.3 is 0 Å². The van der Waals surface area contributed by atoms with Crippen LogP contribution in [0.1, 0.15) is 0 Å². The summed E-state index contributed by atoms with van der Waals surface area (Å²) >= 11 is 0. The van der Waals surface area contributed by atoms with E-state index < -0.39 is 26.6 Å². The van der Waals surface area contributed by atoms with Gasteiger partial charge in [0.2, 0.25) is 0 Å². The number of pyridine rings is 1. The van der Waals surface area contributed by atoms with Gasteiger partial charge in [0, 0.05) is 0 Å². The highest BCUT2D eigenvalue weighted by Gasteiger charge is 2.18. The van der Waals surface area contributed by atoms with Crippen molar-refractivity contribution in [2.24, 2.45) is 0 Å². The van der Waals surface area contributed by atoms with Crippen LogP contribution in [0.15, 0.2) is 47.5 Å². The van der Waals surface area contributed by atoms with E-state index in [1.807, 2.05) is 0 Å². The summed E-state index contributed by atoms with van der Waals surface area (Å²) in [6, 6.07) is 7.13. The Morgan fingerprint density at radius 1 is 1.06 bits per heavy atom. The summed E-state index contributed by atoms with van der Waals surface area (Å²) < 4.78 is 51.7. The number of aromatic nitrogens is 1. The van der Waals surface area contributed by atoms with Crippen LogP contribution >= 0.6 is 0 Å². The van der Waals surface area contributed by atoms with Crippen molar-refractivity contribution in [3.05, 3.63) is 54.2 Å². The number of halogens is 2. The number of anilines is 1. The number of sulfonamides is 1. The Balaban J connectivity index is 2.33. The smallest absolute Gasteiger partial charge is 0.263 e. The van der Waals surface area contributed by atoms with Gasteiger partial charge in [-0.2, -0.15) is 0 Å². The van der Waals surface area contributed by atoms with Crippen LogP contribution in [-0.2, 0) is 10.0 Å². The molecule has 2 aromatic rings. The molecule has 0 aliphatic heterocycles. The first-order valence-corrected chi connectivity index (χ1v) is 6.36. The van der Waals surface area contributed by atoms with Crippen molar-refractivity contribution < 1.29 is 17.2 Å². The lowest BCUT2D eigenvalue weighted by Gasteiger charge is -2.07. The molecule has 0 amide bonds. The summed E-state index contributed by atoms with van der Waals surface area (Å²) in [5.74, 6) is -1.55. The van der Waals surface area contributed by atoms with E-state index in [2.05, 4.69) is 9.71 Å². The summed E-state index contributed by atoms with van der Waals surface area (Å²) in [6.07, 6.45) is 0.860. The van der Waals surface area contributed by atoms with Gasteiger partial charge in [-0.1, -0.05) is 12.1 Å². The Bertz CT molecular complexity index is 657. The molecule has 0 unspecified atom stereocenters. The van der Waals surface area contributed by atoms with Crippen molar-refractivity contribution in [2.75, 3.05) is 4.72 Å². The summed E-state index contributed by atoms with van der Waals surface area (Å²) in [7, 11) is -4.07. The van der Waals surface area contributed by atoms with E-state index >= 15 is 0 Å². The fourth-order valence-corrected chi connectivity index (χ4v) is 2.38. The van der Waals surface area contributed by atoms with Crippen molar-refractivity contribution in [2.45, 2.75) is 4.90 Å². The van der Waals surface area contributed by atoms with E-state index in [0.29, 0.717) is 0 Å². The normalized spacial score (nSPS) is 11.2. The highest BCUT2D eigenvalue weighted by molar-refractivity contribution is 7.92. The molecule has 0 bridgehead atoms. The second-order valence-electron chi connectivity index (χ2n) is 3.40. The van der Waals surface area contributed by atoms with Gasteiger partial charge in [0.05, 0.1) is 6.20 Å². The van der Waals surface area contributed by atoms with Gasteiger partial charge in [-0.25, -0.2) is 22.2 Å². The molecule has 0 fully saturated rings. The zero-order valence-electron chi connectivity index (χ0n) is 8.97. The Labute approximate surface area is 102 Å². The first-order valence-electron chi connectivity index (χ1n) is 4.88. The molecule has 1 aromatic heterocycles. The van der Waals surface area contributed by atoms with Gasteiger partial charge in [-0.15, -0.1) is 0 Å². The minimum Gasteiger partial charge on any atom is -0.263 e. The van der Waals surface area contributed by atoms with Gasteiger partial charge >= 0.3 is 0 Å². The van der Waals surface area contributed by atoms with Crippen molar-refractivity contribution in [3.63, 3.8) is 0 Å². The van der Waals surface area contributed by atoms with E-state index in [1.54, 1.807) is 0 Å². The lowest BCUT2D eigenvalue weighted by atomic mass is 10.4. The molecule has 0 spiro atoms. The zero-order chi connectivity index (χ0) is 13.2. The van der Waals surface area contributed by atoms with E-state index in [1.165, 1.54) is 12.1 Å². The minimum absolute atomic E-state index is 0.0837. The first-order chi connectivity index (χ1) is 8.49. The van der Waals surface area contributed by atoms with E-state index in [4.69, 9.17) is 0 Å². The Kier molecular flexibility index (Phi) is 3.24. The van der Waals surface area contributed by atoms with Crippen LogP contribution in [0.5, 0.6) is 0 Å². The van der Waals surface area contributed by atoms with E-state index in [9.17, 15) is 17.2 Å². The molecule has 0 aliphatic rings. The number of benzene rings is 1. The molecular formula is C11H8F2N2O2S. The van der Waals surface area contributed by atoms with Crippen molar-refractivity contribution in [1.82, 2.24) is 4.98 Å². The molecule has 4 nitrogen and oxygen atoms in total. The van der Waals surface area contributed by atoms with Gasteiger partial charge in [-0.05, 0) is 24.3 Å². The molecule has 0 saturated heterocycles. The van der Waals surface area contributed by atoms with Gasteiger partial charge in [0.15, 0.2) is 0 Å². The highest BCUT2D eigenvalue weighted by atomic mass is 32.2. The van der Waals surface area contributed by atoms with Crippen LogP contribution in [0, 0.1) is 11.6 Å². The molecule has 1 N–H and O–H groups in total. The third kappa shape index (κ3) is 2.62. The summed E-state index contributed by atoms with van der Waals surface area (Å²) in [5, 5.41) is 0. The molecule has 7 heteroatoms. The van der Waals surface area contributed by atoms with Crippen LogP contribution in [0.4, 0.5) is 14.6 Å². The van der Waals surface area contributed by atoms with E-state index in [0.717, 1.165) is 30.5 Å². The molecule has 1 aromatic carbocycles. The Morgan fingerprint density at radius 3 is 2.39 bits per heavy atom. The Morgan fingerprint density at radius 2 is 1.78 bits per heavy atom. The molecule has 0 saturated carbocycles.